The van der Waals surface area contributed by atoms with Crippen molar-refractivity contribution in [1.82, 2.24) is 10.3 Å². The van der Waals surface area contributed by atoms with Gasteiger partial charge in [0.05, 0.1) is 22.9 Å². The molecule has 1 aliphatic rings. The van der Waals surface area contributed by atoms with Crippen LogP contribution in [-0.4, -0.2) is 35.2 Å². The number of benzene rings is 2. The van der Waals surface area contributed by atoms with Crippen molar-refractivity contribution in [3.63, 3.8) is 0 Å². The smallest absolute Gasteiger partial charge is 0.252 e. The SMILES string of the molecule is Cc1cc(C(=O)NCc2ccc(N3CCC(O)CC3)c(F)c2)c2ccccc2n1. The fourth-order valence-corrected chi connectivity index (χ4v) is 3.80. The maximum atomic E-state index is 14.6. The molecule has 150 valence electrons. The maximum absolute atomic E-state index is 14.6. The lowest BCUT2D eigenvalue weighted by Gasteiger charge is -2.31. The topological polar surface area (TPSA) is 65.5 Å². The molecule has 2 heterocycles. The second kappa shape index (κ2) is 8.17. The highest BCUT2D eigenvalue weighted by atomic mass is 19.1. The molecule has 5 nitrogen and oxygen atoms in total. The number of carbonyl (C=O) groups is 1. The first-order chi connectivity index (χ1) is 14.0. The summed E-state index contributed by atoms with van der Waals surface area (Å²) in [5, 5.41) is 13.3. The summed E-state index contributed by atoms with van der Waals surface area (Å²) in [6, 6.07) is 14.4. The monoisotopic (exact) mass is 393 g/mol. The zero-order valence-electron chi connectivity index (χ0n) is 16.4. The number of halogens is 1. The van der Waals surface area contributed by atoms with Crippen LogP contribution in [0.5, 0.6) is 0 Å². The number of aliphatic hydroxyl groups excluding tert-OH is 1. The highest BCUT2D eigenvalue weighted by Gasteiger charge is 2.20. The summed E-state index contributed by atoms with van der Waals surface area (Å²) in [6.45, 7) is 3.38. The Labute approximate surface area is 169 Å². The molecule has 1 fully saturated rings. The van der Waals surface area contributed by atoms with Crippen LogP contribution in [-0.2, 0) is 6.54 Å². The molecule has 4 rings (SSSR count). The van der Waals surface area contributed by atoms with E-state index in [1.807, 2.05) is 42.2 Å². The van der Waals surface area contributed by atoms with Gasteiger partial charge in [0.1, 0.15) is 5.82 Å². The Morgan fingerprint density at radius 2 is 1.97 bits per heavy atom. The van der Waals surface area contributed by atoms with Crippen LogP contribution < -0.4 is 10.2 Å². The Bertz CT molecular complexity index is 1050. The number of rotatable bonds is 4. The van der Waals surface area contributed by atoms with Gasteiger partial charge in [-0.3, -0.25) is 9.78 Å². The standard InChI is InChI=1S/C23H24FN3O2/c1-15-12-19(18-4-2-3-5-21(18)26-15)23(29)25-14-16-6-7-22(20(24)13-16)27-10-8-17(28)9-11-27/h2-7,12-13,17,28H,8-11,14H2,1H3,(H,25,29). The van der Waals surface area contributed by atoms with E-state index in [-0.39, 0.29) is 24.4 Å². The van der Waals surface area contributed by atoms with E-state index in [0.717, 1.165) is 16.6 Å². The average Bonchev–Trinajstić information content (AvgIpc) is 2.72. The van der Waals surface area contributed by atoms with Gasteiger partial charge in [0.15, 0.2) is 0 Å². The van der Waals surface area contributed by atoms with Crippen LogP contribution >= 0.6 is 0 Å². The van der Waals surface area contributed by atoms with Crippen LogP contribution in [0.1, 0.15) is 34.5 Å². The zero-order chi connectivity index (χ0) is 20.4. The first-order valence-corrected chi connectivity index (χ1v) is 9.87. The number of nitrogens with one attached hydrogen (secondary N) is 1. The highest BCUT2D eigenvalue weighted by Crippen LogP contribution is 2.24. The van der Waals surface area contributed by atoms with Crippen LogP contribution in [0.2, 0.25) is 0 Å². The fraction of sp³-hybridized carbons (Fsp3) is 0.304. The van der Waals surface area contributed by atoms with Crippen molar-refractivity contribution < 1.29 is 14.3 Å². The number of aliphatic hydroxyl groups is 1. The van der Waals surface area contributed by atoms with E-state index in [9.17, 15) is 14.3 Å². The predicted molar refractivity (Wildman–Crippen MR) is 112 cm³/mol. The Kier molecular flexibility index (Phi) is 5.45. The van der Waals surface area contributed by atoms with Crippen molar-refractivity contribution >= 4 is 22.5 Å². The number of carbonyl (C=O) groups excluding carboxylic acids is 1. The lowest BCUT2D eigenvalue weighted by atomic mass is 10.1. The van der Waals surface area contributed by atoms with Crippen molar-refractivity contribution in [2.45, 2.75) is 32.4 Å². The van der Waals surface area contributed by atoms with Gasteiger partial charge in [0.2, 0.25) is 0 Å². The Balaban J connectivity index is 1.47. The van der Waals surface area contributed by atoms with Crippen molar-refractivity contribution in [3.05, 3.63) is 71.2 Å². The average molecular weight is 393 g/mol. The maximum Gasteiger partial charge on any atom is 0.252 e. The van der Waals surface area contributed by atoms with Crippen molar-refractivity contribution in [3.8, 4) is 0 Å². The number of nitrogens with zero attached hydrogens (tertiary/aromatic N) is 2. The van der Waals surface area contributed by atoms with Gasteiger partial charge in [-0.25, -0.2) is 4.39 Å². The van der Waals surface area contributed by atoms with Crippen LogP contribution in [0.3, 0.4) is 0 Å². The molecule has 1 aliphatic heterocycles. The van der Waals surface area contributed by atoms with E-state index >= 15 is 0 Å². The molecule has 0 atom stereocenters. The van der Waals surface area contributed by atoms with Gasteiger partial charge in [-0.1, -0.05) is 24.3 Å². The molecular weight excluding hydrogens is 369 g/mol. The second-order valence-corrected chi connectivity index (χ2v) is 7.52. The molecule has 0 radical (unpaired) electrons. The van der Waals surface area contributed by atoms with E-state index in [2.05, 4.69) is 10.3 Å². The lowest BCUT2D eigenvalue weighted by Crippen LogP contribution is -2.36. The Morgan fingerprint density at radius 3 is 2.72 bits per heavy atom. The van der Waals surface area contributed by atoms with Gasteiger partial charge >= 0.3 is 0 Å². The molecule has 6 heteroatoms. The molecule has 0 saturated carbocycles. The molecular formula is C23H24FN3O2. The number of aromatic nitrogens is 1. The number of aryl methyl sites for hydroxylation is 1. The Hall–Kier alpha value is -2.99. The predicted octanol–water partition coefficient (Wildman–Crippen LogP) is 3.57. The van der Waals surface area contributed by atoms with Gasteiger partial charge in [0.25, 0.3) is 5.91 Å². The van der Waals surface area contributed by atoms with E-state index in [0.29, 0.717) is 42.7 Å². The third-order valence-electron chi connectivity index (χ3n) is 5.36. The van der Waals surface area contributed by atoms with Crippen molar-refractivity contribution in [2.24, 2.45) is 0 Å². The number of amides is 1. The lowest BCUT2D eigenvalue weighted by molar-refractivity contribution is 0.0952. The normalized spacial score (nSPS) is 14.9. The first kappa shape index (κ1) is 19.3. The third-order valence-corrected chi connectivity index (χ3v) is 5.36. The number of fused-ring (bicyclic) bond motifs is 1. The van der Waals surface area contributed by atoms with E-state index in [1.54, 1.807) is 12.1 Å². The first-order valence-electron chi connectivity index (χ1n) is 9.87. The molecule has 1 amide bonds. The van der Waals surface area contributed by atoms with Crippen molar-refractivity contribution in [1.29, 1.82) is 0 Å². The molecule has 2 aromatic carbocycles. The summed E-state index contributed by atoms with van der Waals surface area (Å²) in [5.74, 6) is -0.514. The molecule has 2 N–H and O–H groups in total. The van der Waals surface area contributed by atoms with Crippen molar-refractivity contribution in [2.75, 3.05) is 18.0 Å². The van der Waals surface area contributed by atoms with Crippen LogP contribution in [0, 0.1) is 12.7 Å². The Morgan fingerprint density at radius 1 is 1.21 bits per heavy atom. The van der Waals surface area contributed by atoms with Gasteiger partial charge < -0.3 is 15.3 Å². The summed E-state index contributed by atoms with van der Waals surface area (Å²) in [7, 11) is 0. The highest BCUT2D eigenvalue weighted by molar-refractivity contribution is 6.06. The van der Waals surface area contributed by atoms with Gasteiger partial charge in [-0.15, -0.1) is 0 Å². The second-order valence-electron chi connectivity index (χ2n) is 7.52. The van der Waals surface area contributed by atoms with E-state index in [1.165, 1.54) is 6.07 Å². The number of piperidine rings is 1. The minimum absolute atomic E-state index is 0.207. The summed E-state index contributed by atoms with van der Waals surface area (Å²) >= 11 is 0. The van der Waals surface area contributed by atoms with Gasteiger partial charge in [-0.2, -0.15) is 0 Å². The quantitative estimate of drug-likeness (QED) is 0.711. The number of hydrogen-bond acceptors (Lipinski definition) is 4. The summed E-state index contributed by atoms with van der Waals surface area (Å²) in [6.07, 6.45) is 1.00. The minimum Gasteiger partial charge on any atom is -0.393 e. The summed E-state index contributed by atoms with van der Waals surface area (Å²) < 4.78 is 14.6. The zero-order valence-corrected chi connectivity index (χ0v) is 16.4. The third kappa shape index (κ3) is 4.22. The molecule has 0 bridgehead atoms. The number of anilines is 1. The minimum atomic E-state index is -0.307. The van der Waals surface area contributed by atoms with E-state index in [4.69, 9.17) is 0 Å². The van der Waals surface area contributed by atoms with Crippen LogP contribution in [0.25, 0.3) is 10.9 Å². The molecule has 3 aromatic rings. The van der Waals surface area contributed by atoms with E-state index < -0.39 is 0 Å². The molecule has 1 saturated heterocycles. The molecule has 0 spiro atoms. The fourth-order valence-electron chi connectivity index (χ4n) is 3.80. The molecule has 29 heavy (non-hydrogen) atoms. The molecule has 0 aliphatic carbocycles. The largest absolute Gasteiger partial charge is 0.393 e. The molecule has 0 unspecified atom stereocenters. The van der Waals surface area contributed by atoms with Crippen LogP contribution in [0.15, 0.2) is 48.5 Å². The number of hydrogen-bond donors (Lipinski definition) is 2. The van der Waals surface area contributed by atoms with Gasteiger partial charge in [-0.05, 0) is 49.6 Å². The van der Waals surface area contributed by atoms with Crippen LogP contribution in [0.4, 0.5) is 10.1 Å². The summed E-state index contributed by atoms with van der Waals surface area (Å²) in [4.78, 5) is 19.2. The summed E-state index contributed by atoms with van der Waals surface area (Å²) in [5.41, 5.74) is 3.36. The molecule has 1 aromatic heterocycles. The number of pyridine rings is 1. The number of para-hydroxylation sites is 1. The van der Waals surface area contributed by atoms with Gasteiger partial charge in [0, 0.05) is 30.7 Å².